The van der Waals surface area contributed by atoms with Crippen molar-refractivity contribution in [3.63, 3.8) is 0 Å². The molecule has 2 aromatic rings. The van der Waals surface area contributed by atoms with Gasteiger partial charge in [-0.2, -0.15) is 0 Å². The lowest BCUT2D eigenvalue weighted by molar-refractivity contribution is 0.479. The van der Waals surface area contributed by atoms with Gasteiger partial charge in [-0.3, -0.25) is 4.98 Å². The first kappa shape index (κ1) is 13.1. The molecular weight excluding hydrogens is 292 g/mol. The Labute approximate surface area is 115 Å². The van der Waals surface area contributed by atoms with E-state index in [2.05, 4.69) is 45.3 Å². The van der Waals surface area contributed by atoms with E-state index in [-0.39, 0.29) is 0 Å². The van der Waals surface area contributed by atoms with Crippen LogP contribution >= 0.6 is 15.9 Å². The zero-order valence-corrected chi connectivity index (χ0v) is 11.8. The van der Waals surface area contributed by atoms with Crippen LogP contribution in [0.4, 0.5) is 0 Å². The van der Waals surface area contributed by atoms with E-state index < -0.39 is 0 Å². The maximum atomic E-state index is 5.71. The third kappa shape index (κ3) is 3.82. The molecule has 0 spiro atoms. The number of rotatable bonds is 5. The zero-order chi connectivity index (χ0) is 12.8. The number of benzene rings is 1. The van der Waals surface area contributed by atoms with Crippen LogP contribution in [0.2, 0.25) is 0 Å². The molecule has 0 amide bonds. The van der Waals surface area contributed by atoms with Crippen LogP contribution in [-0.2, 0) is 6.54 Å². The molecule has 3 nitrogen and oxygen atoms in total. The Morgan fingerprint density at radius 2 is 1.94 bits per heavy atom. The normalized spacial score (nSPS) is 10.3. The highest BCUT2D eigenvalue weighted by molar-refractivity contribution is 9.10. The number of aromatic nitrogens is 1. The first-order valence-electron chi connectivity index (χ1n) is 5.86. The molecule has 1 N–H and O–H groups in total. The Hall–Kier alpha value is -1.39. The van der Waals surface area contributed by atoms with E-state index in [1.165, 1.54) is 5.56 Å². The Morgan fingerprint density at radius 1 is 1.17 bits per heavy atom. The Morgan fingerprint density at radius 3 is 2.61 bits per heavy atom. The highest BCUT2D eigenvalue weighted by atomic mass is 79.9. The lowest BCUT2D eigenvalue weighted by atomic mass is 10.2. The second kappa shape index (κ2) is 6.52. The average molecular weight is 307 g/mol. The number of ether oxygens (including phenoxy) is 1. The summed E-state index contributed by atoms with van der Waals surface area (Å²) in [6.07, 6.45) is 3.42. The zero-order valence-electron chi connectivity index (χ0n) is 10.2. The lowest BCUT2D eigenvalue weighted by Crippen LogP contribution is -2.11. The van der Waals surface area contributed by atoms with E-state index in [1.54, 1.807) is 12.4 Å². The van der Waals surface area contributed by atoms with Crippen molar-refractivity contribution in [2.75, 3.05) is 6.54 Å². The molecule has 0 bridgehead atoms. The number of nitrogens with zero attached hydrogens (tertiary/aromatic N) is 1. The van der Waals surface area contributed by atoms with E-state index in [0.717, 1.165) is 29.1 Å². The fourth-order valence-electron chi connectivity index (χ4n) is 1.53. The number of nitrogens with one attached hydrogen (secondary N) is 1. The lowest BCUT2D eigenvalue weighted by Gasteiger charge is -2.07. The van der Waals surface area contributed by atoms with E-state index in [0.29, 0.717) is 0 Å². The molecule has 94 valence electrons. The largest absolute Gasteiger partial charge is 0.456 e. The fraction of sp³-hybridized carbons (Fsp3) is 0.214. The number of halogens is 1. The van der Waals surface area contributed by atoms with Gasteiger partial charge in [0.25, 0.3) is 0 Å². The molecule has 1 heterocycles. The molecule has 0 aliphatic heterocycles. The van der Waals surface area contributed by atoms with Gasteiger partial charge in [-0.25, -0.2) is 0 Å². The Bertz CT molecular complexity index is 499. The van der Waals surface area contributed by atoms with Crippen molar-refractivity contribution in [3.8, 4) is 11.5 Å². The van der Waals surface area contributed by atoms with E-state index in [1.807, 2.05) is 18.2 Å². The number of hydrogen-bond donors (Lipinski definition) is 1. The van der Waals surface area contributed by atoms with E-state index in [4.69, 9.17) is 4.74 Å². The Kier molecular flexibility index (Phi) is 4.73. The van der Waals surface area contributed by atoms with Gasteiger partial charge in [0.05, 0.1) is 6.20 Å². The van der Waals surface area contributed by atoms with Gasteiger partial charge >= 0.3 is 0 Å². The smallest absolute Gasteiger partial charge is 0.146 e. The summed E-state index contributed by atoms with van der Waals surface area (Å²) in [5.41, 5.74) is 1.25. The van der Waals surface area contributed by atoms with E-state index in [9.17, 15) is 0 Å². The van der Waals surface area contributed by atoms with Gasteiger partial charge in [0.1, 0.15) is 11.5 Å². The van der Waals surface area contributed by atoms with Gasteiger partial charge < -0.3 is 10.1 Å². The molecular formula is C14H15BrN2O. The summed E-state index contributed by atoms with van der Waals surface area (Å²) in [7, 11) is 0. The van der Waals surface area contributed by atoms with Crippen LogP contribution in [0.5, 0.6) is 11.5 Å². The van der Waals surface area contributed by atoms with Crippen LogP contribution in [0.3, 0.4) is 0 Å². The molecule has 0 saturated heterocycles. The van der Waals surface area contributed by atoms with Gasteiger partial charge in [-0.05, 0) is 46.2 Å². The van der Waals surface area contributed by atoms with Gasteiger partial charge in [0, 0.05) is 17.2 Å². The summed E-state index contributed by atoms with van der Waals surface area (Å²) in [6, 6.07) is 9.94. The van der Waals surface area contributed by atoms with Crippen molar-refractivity contribution in [2.45, 2.75) is 13.5 Å². The first-order valence-corrected chi connectivity index (χ1v) is 6.65. The summed E-state index contributed by atoms with van der Waals surface area (Å²) in [6.45, 7) is 3.95. The summed E-state index contributed by atoms with van der Waals surface area (Å²) < 4.78 is 6.61. The van der Waals surface area contributed by atoms with Crippen LogP contribution in [0, 0.1) is 0 Å². The molecule has 0 atom stereocenters. The van der Waals surface area contributed by atoms with Crippen molar-refractivity contribution in [2.24, 2.45) is 0 Å². The van der Waals surface area contributed by atoms with Crippen molar-refractivity contribution >= 4 is 15.9 Å². The molecule has 1 aromatic carbocycles. The third-order valence-corrected chi connectivity index (χ3v) is 2.85. The minimum Gasteiger partial charge on any atom is -0.456 e. The molecule has 0 aliphatic carbocycles. The van der Waals surface area contributed by atoms with Gasteiger partial charge in [-0.15, -0.1) is 0 Å². The minimum absolute atomic E-state index is 0.726. The average Bonchev–Trinajstić information content (AvgIpc) is 2.38. The Balaban J connectivity index is 2.02. The third-order valence-electron chi connectivity index (χ3n) is 2.42. The van der Waals surface area contributed by atoms with Crippen molar-refractivity contribution in [1.29, 1.82) is 0 Å². The minimum atomic E-state index is 0.726. The summed E-state index contributed by atoms with van der Waals surface area (Å²) in [4.78, 5) is 4.06. The molecule has 4 heteroatoms. The highest BCUT2D eigenvalue weighted by Gasteiger charge is 1.99. The molecule has 0 unspecified atom stereocenters. The maximum Gasteiger partial charge on any atom is 0.146 e. The molecule has 0 aliphatic rings. The van der Waals surface area contributed by atoms with Crippen molar-refractivity contribution in [3.05, 3.63) is 52.8 Å². The fourth-order valence-corrected chi connectivity index (χ4v) is 1.87. The second-order valence-electron chi connectivity index (χ2n) is 3.87. The second-order valence-corrected chi connectivity index (χ2v) is 4.78. The number of pyridine rings is 1. The summed E-state index contributed by atoms with van der Waals surface area (Å²) >= 11 is 3.36. The van der Waals surface area contributed by atoms with Gasteiger partial charge in [-0.1, -0.05) is 19.1 Å². The molecule has 18 heavy (non-hydrogen) atoms. The predicted octanol–water partition coefficient (Wildman–Crippen LogP) is 3.75. The summed E-state index contributed by atoms with van der Waals surface area (Å²) in [5.74, 6) is 1.54. The van der Waals surface area contributed by atoms with Crippen molar-refractivity contribution < 1.29 is 4.74 Å². The van der Waals surface area contributed by atoms with Crippen molar-refractivity contribution in [1.82, 2.24) is 10.3 Å². The first-order chi connectivity index (χ1) is 8.78. The highest BCUT2D eigenvalue weighted by Crippen LogP contribution is 2.23. The molecule has 2 rings (SSSR count). The topological polar surface area (TPSA) is 34.1 Å². The maximum absolute atomic E-state index is 5.71. The van der Waals surface area contributed by atoms with E-state index >= 15 is 0 Å². The van der Waals surface area contributed by atoms with Crippen LogP contribution in [-0.4, -0.2) is 11.5 Å². The molecule has 0 saturated carbocycles. The molecule has 0 radical (unpaired) electrons. The predicted molar refractivity (Wildman–Crippen MR) is 75.8 cm³/mol. The summed E-state index contributed by atoms with van der Waals surface area (Å²) in [5, 5.41) is 3.28. The standard InChI is InChI=1S/C14H15BrN2O/c1-2-16-8-11-3-5-13(6-4-11)18-14-7-12(15)9-17-10-14/h3-7,9-10,16H,2,8H2,1H3. The van der Waals surface area contributed by atoms with Gasteiger partial charge in [0.2, 0.25) is 0 Å². The van der Waals surface area contributed by atoms with Crippen LogP contribution < -0.4 is 10.1 Å². The number of hydrogen-bond acceptors (Lipinski definition) is 3. The molecule has 0 fully saturated rings. The van der Waals surface area contributed by atoms with Gasteiger partial charge in [0.15, 0.2) is 0 Å². The quantitative estimate of drug-likeness (QED) is 0.913. The monoisotopic (exact) mass is 306 g/mol. The van der Waals surface area contributed by atoms with Crippen LogP contribution in [0.25, 0.3) is 0 Å². The van der Waals surface area contributed by atoms with Crippen LogP contribution in [0.1, 0.15) is 12.5 Å². The SMILES string of the molecule is CCNCc1ccc(Oc2cncc(Br)c2)cc1. The van der Waals surface area contributed by atoms with Crippen LogP contribution in [0.15, 0.2) is 47.2 Å². The molecule has 1 aromatic heterocycles.